The van der Waals surface area contributed by atoms with E-state index in [1.807, 2.05) is 20.9 Å². The molecule has 0 atom stereocenters. The number of carbonyl (C=O) groups is 2. The molecule has 0 rings (SSSR count). The van der Waals surface area contributed by atoms with Crippen LogP contribution in [0.4, 0.5) is 0 Å². The van der Waals surface area contributed by atoms with Crippen LogP contribution < -0.4 is 10.6 Å². The number of ketones is 1. The molecule has 0 unspecified atom stereocenters. The van der Waals surface area contributed by atoms with Gasteiger partial charge in [0.25, 0.3) is 0 Å². The summed E-state index contributed by atoms with van der Waals surface area (Å²) >= 11 is 0. The molecule has 0 radical (unpaired) electrons. The molecule has 0 aliphatic carbocycles. The minimum Gasteiger partial charge on any atom is -0.377 e. The highest BCUT2D eigenvalue weighted by Gasteiger charge is 2.21. The Morgan fingerprint density at radius 1 is 0.821 bits per heavy atom. The average Bonchev–Trinajstić information content (AvgIpc) is 2.60. The molecule has 0 spiro atoms. The summed E-state index contributed by atoms with van der Waals surface area (Å²) in [7, 11) is 1.95. The first-order valence-electron chi connectivity index (χ1n) is 9.90. The Labute approximate surface area is 170 Å². The van der Waals surface area contributed by atoms with Gasteiger partial charge in [-0.3, -0.25) is 9.59 Å². The molecule has 0 aromatic rings. The van der Waals surface area contributed by atoms with Crippen LogP contribution in [0.1, 0.15) is 47.5 Å². The quantitative estimate of drug-likeness (QED) is 0.333. The zero-order valence-electron chi connectivity index (χ0n) is 18.5. The van der Waals surface area contributed by atoms with Crippen LogP contribution >= 0.6 is 0 Å². The van der Waals surface area contributed by atoms with Crippen molar-refractivity contribution in [2.45, 2.75) is 58.6 Å². The minimum atomic E-state index is -0.293. The Bertz CT molecular complexity index is 440. The summed E-state index contributed by atoms with van der Waals surface area (Å²) < 4.78 is 21.7. The van der Waals surface area contributed by atoms with Crippen molar-refractivity contribution >= 4 is 11.7 Å². The van der Waals surface area contributed by atoms with Crippen molar-refractivity contribution in [2.75, 3.05) is 59.8 Å². The van der Waals surface area contributed by atoms with Crippen molar-refractivity contribution in [1.29, 1.82) is 0 Å². The fourth-order valence-corrected chi connectivity index (χ4v) is 2.01. The van der Waals surface area contributed by atoms with Crippen LogP contribution in [0.15, 0.2) is 0 Å². The fourth-order valence-electron chi connectivity index (χ4n) is 2.01. The molecule has 0 saturated heterocycles. The highest BCUT2D eigenvalue weighted by molar-refractivity contribution is 5.77. The van der Waals surface area contributed by atoms with Gasteiger partial charge in [0.05, 0.1) is 25.4 Å². The standard InChI is InChI=1S/C20H40N2O6/c1-17(23)15-27-14-13-25-12-9-22-18(24)16-26-10-8-20(4,5)28-11-7-19(2,3)21-6/h21H,7-16H2,1-6H3,(H,22,24). The Hall–Kier alpha value is -1.06. The topological polar surface area (TPSA) is 95.1 Å². The molecule has 28 heavy (non-hydrogen) atoms. The van der Waals surface area contributed by atoms with Crippen molar-refractivity contribution in [3.63, 3.8) is 0 Å². The second-order valence-electron chi connectivity index (χ2n) is 8.01. The summed E-state index contributed by atoms with van der Waals surface area (Å²) in [6, 6.07) is 0. The van der Waals surface area contributed by atoms with E-state index in [0.717, 1.165) is 6.42 Å². The molecule has 0 aliphatic heterocycles. The lowest BCUT2D eigenvalue weighted by molar-refractivity contribution is -0.127. The van der Waals surface area contributed by atoms with Crippen LogP contribution in [0.2, 0.25) is 0 Å². The van der Waals surface area contributed by atoms with Gasteiger partial charge in [0, 0.05) is 25.3 Å². The Balaban J connectivity index is 3.60. The third-order valence-electron chi connectivity index (χ3n) is 4.22. The predicted molar refractivity (Wildman–Crippen MR) is 109 cm³/mol. The van der Waals surface area contributed by atoms with E-state index < -0.39 is 0 Å². The first-order valence-corrected chi connectivity index (χ1v) is 9.90. The molecule has 2 N–H and O–H groups in total. The number of rotatable bonds is 18. The minimum absolute atomic E-state index is 0.0139. The molecule has 8 nitrogen and oxygen atoms in total. The number of hydrogen-bond donors (Lipinski definition) is 2. The smallest absolute Gasteiger partial charge is 0.246 e. The van der Waals surface area contributed by atoms with Crippen LogP contribution in [0, 0.1) is 0 Å². The van der Waals surface area contributed by atoms with E-state index in [2.05, 4.69) is 24.5 Å². The average molecular weight is 405 g/mol. The lowest BCUT2D eigenvalue weighted by Crippen LogP contribution is -2.38. The molecule has 0 bridgehead atoms. The van der Waals surface area contributed by atoms with Gasteiger partial charge in [-0.2, -0.15) is 0 Å². The maximum Gasteiger partial charge on any atom is 0.246 e. The molecule has 0 aromatic heterocycles. The molecular formula is C20H40N2O6. The van der Waals surface area contributed by atoms with Crippen molar-refractivity contribution in [1.82, 2.24) is 10.6 Å². The number of carbonyl (C=O) groups excluding carboxylic acids is 2. The van der Waals surface area contributed by atoms with E-state index in [1.165, 1.54) is 6.92 Å². The van der Waals surface area contributed by atoms with Gasteiger partial charge in [-0.1, -0.05) is 0 Å². The van der Waals surface area contributed by atoms with Crippen LogP contribution in [-0.2, 0) is 28.5 Å². The summed E-state index contributed by atoms with van der Waals surface area (Å²) in [5.41, 5.74) is -0.242. The molecule has 0 aromatic carbocycles. The molecule has 1 amide bonds. The van der Waals surface area contributed by atoms with Gasteiger partial charge in [-0.15, -0.1) is 0 Å². The van der Waals surface area contributed by atoms with Crippen LogP contribution in [-0.4, -0.2) is 82.7 Å². The maximum atomic E-state index is 11.7. The molecule has 0 saturated carbocycles. The molecule has 0 aliphatic rings. The van der Waals surface area contributed by atoms with Gasteiger partial charge >= 0.3 is 0 Å². The van der Waals surface area contributed by atoms with Gasteiger partial charge < -0.3 is 29.6 Å². The van der Waals surface area contributed by atoms with Crippen molar-refractivity contribution < 1.29 is 28.5 Å². The summed E-state index contributed by atoms with van der Waals surface area (Å²) in [6.45, 7) is 12.6. The van der Waals surface area contributed by atoms with E-state index in [-0.39, 0.29) is 36.0 Å². The second kappa shape index (κ2) is 14.9. The molecule has 0 fully saturated rings. The van der Waals surface area contributed by atoms with Gasteiger partial charge in [-0.25, -0.2) is 0 Å². The van der Waals surface area contributed by atoms with E-state index in [0.29, 0.717) is 46.0 Å². The Kier molecular flexibility index (Phi) is 14.3. The first kappa shape index (κ1) is 26.9. The molecule has 0 heterocycles. The SMILES string of the molecule is CNC(C)(C)CCOC(C)(C)CCOCC(=O)NCCOCCOCC(C)=O. The van der Waals surface area contributed by atoms with Gasteiger partial charge in [-0.05, 0) is 54.5 Å². The van der Waals surface area contributed by atoms with Crippen molar-refractivity contribution in [2.24, 2.45) is 0 Å². The normalized spacial score (nSPS) is 12.2. The third kappa shape index (κ3) is 17.1. The fraction of sp³-hybridized carbons (Fsp3) is 0.900. The lowest BCUT2D eigenvalue weighted by Gasteiger charge is -2.29. The van der Waals surface area contributed by atoms with Crippen LogP contribution in [0.25, 0.3) is 0 Å². The van der Waals surface area contributed by atoms with Crippen LogP contribution in [0.5, 0.6) is 0 Å². The van der Waals surface area contributed by atoms with E-state index in [4.69, 9.17) is 18.9 Å². The summed E-state index contributed by atoms with van der Waals surface area (Å²) in [4.78, 5) is 22.4. The maximum absolute atomic E-state index is 11.7. The first-order chi connectivity index (χ1) is 13.1. The predicted octanol–water partition coefficient (Wildman–Crippen LogP) is 1.31. The zero-order valence-corrected chi connectivity index (χ0v) is 18.5. The lowest BCUT2D eigenvalue weighted by atomic mass is 10.0. The van der Waals surface area contributed by atoms with Crippen molar-refractivity contribution in [3.8, 4) is 0 Å². The number of nitrogens with one attached hydrogen (secondary N) is 2. The number of Topliss-reactive ketones (excluding diaryl/α,β-unsaturated/α-hetero) is 1. The van der Waals surface area contributed by atoms with E-state index in [1.54, 1.807) is 0 Å². The number of amides is 1. The summed E-state index contributed by atoms with van der Waals surface area (Å²) in [5, 5.41) is 5.98. The highest BCUT2D eigenvalue weighted by Crippen LogP contribution is 2.17. The zero-order chi connectivity index (χ0) is 21.5. The second-order valence-corrected chi connectivity index (χ2v) is 8.01. The molecular weight excluding hydrogens is 364 g/mol. The molecule has 8 heteroatoms. The van der Waals surface area contributed by atoms with E-state index in [9.17, 15) is 9.59 Å². The van der Waals surface area contributed by atoms with Crippen LogP contribution in [0.3, 0.4) is 0 Å². The highest BCUT2D eigenvalue weighted by atomic mass is 16.5. The summed E-state index contributed by atoms with van der Waals surface area (Å²) in [6.07, 6.45) is 1.63. The van der Waals surface area contributed by atoms with Gasteiger partial charge in [0.15, 0.2) is 5.78 Å². The van der Waals surface area contributed by atoms with Crippen molar-refractivity contribution in [3.05, 3.63) is 0 Å². The third-order valence-corrected chi connectivity index (χ3v) is 4.22. The van der Waals surface area contributed by atoms with Gasteiger partial charge in [0.1, 0.15) is 13.2 Å². The Morgan fingerprint density at radius 2 is 1.46 bits per heavy atom. The number of ether oxygens (including phenoxy) is 4. The monoisotopic (exact) mass is 404 g/mol. The molecule has 166 valence electrons. The number of hydrogen-bond acceptors (Lipinski definition) is 7. The van der Waals surface area contributed by atoms with Gasteiger partial charge in [0.2, 0.25) is 5.91 Å². The largest absolute Gasteiger partial charge is 0.377 e. The van der Waals surface area contributed by atoms with E-state index >= 15 is 0 Å². The summed E-state index contributed by atoms with van der Waals surface area (Å²) in [5.74, 6) is -0.189. The Morgan fingerprint density at radius 3 is 2.11 bits per heavy atom.